The van der Waals surface area contributed by atoms with Gasteiger partial charge in [-0.2, -0.15) is 23.4 Å². The molecule has 1 aromatic carbocycles. The average molecular weight is 567 g/mol. The number of benzene rings is 1. The normalized spacial score (nSPS) is 12.2. The van der Waals surface area contributed by atoms with E-state index in [0.29, 0.717) is 32.6 Å². The second kappa shape index (κ2) is 9.57. The van der Waals surface area contributed by atoms with Crippen LogP contribution in [0.4, 0.5) is 23.4 Å². The molecule has 0 amide bonds. The summed E-state index contributed by atoms with van der Waals surface area (Å²) in [6.45, 7) is 2.37. The molecular formula is C24H23BrF4N6O. The van der Waals surface area contributed by atoms with Crippen LogP contribution in [0.1, 0.15) is 30.5 Å². The number of halogens is 5. The number of nitrogens with two attached hydrogens (primary N) is 1. The van der Waals surface area contributed by atoms with E-state index < -0.39 is 24.1 Å². The monoisotopic (exact) mass is 566 g/mol. The van der Waals surface area contributed by atoms with E-state index in [0.717, 1.165) is 10.2 Å². The largest absolute Gasteiger partial charge is 0.479 e. The fourth-order valence-corrected chi connectivity index (χ4v) is 4.26. The van der Waals surface area contributed by atoms with Gasteiger partial charge in [-0.05, 0) is 59.6 Å². The molecule has 0 atom stereocenters. The highest BCUT2D eigenvalue weighted by Crippen LogP contribution is 2.38. The molecule has 2 N–H and O–H groups in total. The van der Waals surface area contributed by atoms with E-state index in [1.807, 2.05) is 0 Å². The van der Waals surface area contributed by atoms with Crippen LogP contribution in [0.25, 0.3) is 11.3 Å². The number of anilines is 1. The maximum atomic E-state index is 14.4. The molecule has 0 saturated heterocycles. The summed E-state index contributed by atoms with van der Waals surface area (Å²) in [6, 6.07) is 5.98. The Hall–Kier alpha value is -3.41. The Morgan fingerprint density at radius 1 is 1.11 bits per heavy atom. The van der Waals surface area contributed by atoms with Gasteiger partial charge < -0.3 is 10.5 Å². The Morgan fingerprint density at radius 3 is 2.58 bits per heavy atom. The van der Waals surface area contributed by atoms with Crippen LogP contribution in [0.2, 0.25) is 0 Å². The summed E-state index contributed by atoms with van der Waals surface area (Å²) in [5.41, 5.74) is 7.91. The first-order valence-electron chi connectivity index (χ1n) is 10.8. The van der Waals surface area contributed by atoms with Crippen LogP contribution in [-0.4, -0.2) is 30.7 Å². The van der Waals surface area contributed by atoms with Crippen LogP contribution in [0.15, 0.2) is 53.5 Å². The molecule has 0 spiro atoms. The predicted molar refractivity (Wildman–Crippen MR) is 130 cm³/mol. The summed E-state index contributed by atoms with van der Waals surface area (Å²) < 4.78 is 61.9. The molecule has 4 rings (SSSR count). The Bertz CT molecular complexity index is 1400. The molecular weight excluding hydrogens is 544 g/mol. The van der Waals surface area contributed by atoms with E-state index in [2.05, 4.69) is 31.1 Å². The molecule has 0 saturated carbocycles. The first-order valence-corrected chi connectivity index (χ1v) is 11.6. The molecule has 190 valence electrons. The Balaban J connectivity index is 1.72. The molecule has 0 aliphatic carbocycles. The summed E-state index contributed by atoms with van der Waals surface area (Å²) in [5, 5.41) is 8.39. The van der Waals surface area contributed by atoms with Gasteiger partial charge in [0.05, 0.1) is 11.9 Å². The van der Waals surface area contributed by atoms with E-state index >= 15 is 0 Å². The average Bonchev–Trinajstić information content (AvgIpc) is 3.35. The lowest BCUT2D eigenvalue weighted by Gasteiger charge is -2.29. The van der Waals surface area contributed by atoms with Gasteiger partial charge in [0, 0.05) is 53.2 Å². The standard InChI is InChI=1S/C24H23BrF4N6O/c1-23(2,36-20-7-16(25)10-31-22(20)30)19-8-17(26)4-5-18(19)21-15(12-34(3)33-21)6-14-9-32-35(11-14)13-24(27,28)29/h4-5,7-12H,6,13H2,1-3H3,(H2,30,31). The topological polar surface area (TPSA) is 83.8 Å². The van der Waals surface area contributed by atoms with Crippen molar-refractivity contribution in [2.24, 2.45) is 7.05 Å². The van der Waals surface area contributed by atoms with Crippen molar-refractivity contribution in [1.82, 2.24) is 24.5 Å². The van der Waals surface area contributed by atoms with Crippen molar-refractivity contribution in [1.29, 1.82) is 0 Å². The zero-order valence-electron chi connectivity index (χ0n) is 19.6. The van der Waals surface area contributed by atoms with Gasteiger partial charge in [-0.3, -0.25) is 9.36 Å². The highest BCUT2D eigenvalue weighted by Gasteiger charge is 2.31. The zero-order chi connectivity index (χ0) is 26.3. The lowest BCUT2D eigenvalue weighted by molar-refractivity contribution is -0.142. The minimum atomic E-state index is -4.37. The van der Waals surface area contributed by atoms with E-state index in [9.17, 15) is 17.6 Å². The quantitative estimate of drug-likeness (QED) is 0.293. The molecule has 0 aliphatic rings. The number of hydrogen-bond donors (Lipinski definition) is 1. The summed E-state index contributed by atoms with van der Waals surface area (Å²) in [4.78, 5) is 4.08. The summed E-state index contributed by atoms with van der Waals surface area (Å²) in [7, 11) is 1.73. The van der Waals surface area contributed by atoms with Crippen molar-refractivity contribution < 1.29 is 22.3 Å². The number of pyridine rings is 1. The number of rotatable bonds is 7. The third-order valence-corrected chi connectivity index (χ3v) is 5.86. The highest BCUT2D eigenvalue weighted by molar-refractivity contribution is 9.10. The van der Waals surface area contributed by atoms with Crippen LogP contribution in [0.3, 0.4) is 0 Å². The maximum Gasteiger partial charge on any atom is 0.408 e. The summed E-state index contributed by atoms with van der Waals surface area (Å²) in [6.07, 6.45) is 1.97. The maximum absolute atomic E-state index is 14.4. The van der Waals surface area contributed by atoms with Gasteiger partial charge in [-0.15, -0.1) is 0 Å². The minimum Gasteiger partial charge on any atom is -0.479 e. The van der Waals surface area contributed by atoms with Gasteiger partial charge in [0.2, 0.25) is 0 Å². The lowest BCUT2D eigenvalue weighted by Crippen LogP contribution is -2.27. The van der Waals surface area contributed by atoms with Crippen LogP contribution in [0, 0.1) is 5.82 Å². The van der Waals surface area contributed by atoms with Crippen molar-refractivity contribution in [3.8, 4) is 17.0 Å². The number of aromatic nitrogens is 5. The van der Waals surface area contributed by atoms with Gasteiger partial charge in [0.15, 0.2) is 11.6 Å². The van der Waals surface area contributed by atoms with E-state index in [4.69, 9.17) is 10.5 Å². The summed E-state index contributed by atoms with van der Waals surface area (Å²) >= 11 is 3.34. The number of alkyl halides is 3. The predicted octanol–water partition coefficient (Wildman–Crippen LogP) is 5.63. The van der Waals surface area contributed by atoms with Crippen molar-refractivity contribution in [2.75, 3.05) is 5.73 Å². The van der Waals surface area contributed by atoms with Crippen LogP contribution < -0.4 is 10.5 Å². The third-order valence-electron chi connectivity index (χ3n) is 5.43. The number of nitrogens with zero attached hydrogens (tertiary/aromatic N) is 5. The van der Waals surface area contributed by atoms with Crippen molar-refractivity contribution in [2.45, 2.75) is 38.6 Å². The molecule has 12 heteroatoms. The van der Waals surface area contributed by atoms with Gasteiger partial charge >= 0.3 is 6.18 Å². The molecule has 0 bridgehead atoms. The van der Waals surface area contributed by atoms with Gasteiger partial charge in [-0.1, -0.05) is 0 Å². The van der Waals surface area contributed by atoms with Crippen molar-refractivity contribution >= 4 is 21.7 Å². The molecule has 0 aliphatic heterocycles. The lowest BCUT2D eigenvalue weighted by atomic mass is 9.89. The molecule has 7 nitrogen and oxygen atoms in total. The van der Waals surface area contributed by atoms with Crippen molar-refractivity contribution in [3.63, 3.8) is 0 Å². The van der Waals surface area contributed by atoms with Crippen molar-refractivity contribution in [3.05, 3.63) is 76.0 Å². The minimum absolute atomic E-state index is 0.179. The first kappa shape index (κ1) is 25.7. The molecule has 0 radical (unpaired) electrons. The van der Waals surface area contributed by atoms with E-state index in [-0.39, 0.29) is 12.2 Å². The zero-order valence-corrected chi connectivity index (χ0v) is 21.2. The van der Waals surface area contributed by atoms with Crippen LogP contribution >= 0.6 is 15.9 Å². The van der Waals surface area contributed by atoms with Crippen LogP contribution in [-0.2, 0) is 25.6 Å². The number of ether oxygens (including phenoxy) is 1. The number of aryl methyl sites for hydroxylation is 1. The molecule has 36 heavy (non-hydrogen) atoms. The molecule has 3 aromatic heterocycles. The highest BCUT2D eigenvalue weighted by atomic mass is 79.9. The Kier molecular flexibility index (Phi) is 6.82. The SMILES string of the molecule is Cn1cc(Cc2cnn(CC(F)(F)F)c2)c(-c2ccc(F)cc2C(C)(C)Oc2cc(Br)cnc2N)n1. The molecule has 0 fully saturated rings. The molecule has 0 unspecified atom stereocenters. The first-order chi connectivity index (χ1) is 16.8. The second-order valence-corrected chi connectivity index (χ2v) is 9.77. The van der Waals surface area contributed by atoms with Crippen LogP contribution in [0.5, 0.6) is 5.75 Å². The van der Waals surface area contributed by atoms with Gasteiger partial charge in [-0.25, -0.2) is 9.37 Å². The second-order valence-electron chi connectivity index (χ2n) is 8.85. The van der Waals surface area contributed by atoms with E-state index in [1.165, 1.54) is 24.5 Å². The fourth-order valence-electron chi connectivity index (χ4n) is 3.95. The smallest absolute Gasteiger partial charge is 0.408 e. The Labute approximate surface area is 213 Å². The van der Waals surface area contributed by atoms with E-state index in [1.54, 1.807) is 50.1 Å². The number of hydrogen-bond acceptors (Lipinski definition) is 5. The fraction of sp³-hybridized carbons (Fsp3) is 0.292. The van der Waals surface area contributed by atoms with Gasteiger partial charge in [0.25, 0.3) is 0 Å². The number of nitrogen functional groups attached to an aromatic ring is 1. The summed E-state index contributed by atoms with van der Waals surface area (Å²) in [5.74, 6) is 0.0400. The third kappa shape index (κ3) is 5.86. The molecule has 3 heterocycles. The molecule has 4 aromatic rings. The Morgan fingerprint density at radius 2 is 1.86 bits per heavy atom. The van der Waals surface area contributed by atoms with Gasteiger partial charge in [0.1, 0.15) is 18.0 Å².